The summed E-state index contributed by atoms with van der Waals surface area (Å²) in [7, 11) is 1.74. The van der Waals surface area contributed by atoms with Gasteiger partial charge in [0.2, 0.25) is 0 Å². The van der Waals surface area contributed by atoms with Crippen LogP contribution in [0.15, 0.2) is 0 Å². The average molecular weight is 288 g/mol. The molecule has 0 radical (unpaired) electrons. The number of unbranched alkanes of at least 4 members (excludes halogenated alkanes) is 2. The van der Waals surface area contributed by atoms with Crippen LogP contribution in [0.1, 0.15) is 25.7 Å². The average Bonchev–Trinajstić information content (AvgIpc) is 2.42. The summed E-state index contributed by atoms with van der Waals surface area (Å²) in [6, 6.07) is -0.0901. The molecule has 1 aliphatic heterocycles. The number of aliphatic carboxylic acids is 1. The van der Waals surface area contributed by atoms with Crippen LogP contribution in [0.3, 0.4) is 0 Å². The van der Waals surface area contributed by atoms with Crippen molar-refractivity contribution in [2.45, 2.75) is 31.8 Å². The van der Waals surface area contributed by atoms with Crippen molar-refractivity contribution in [1.82, 2.24) is 9.80 Å². The Morgan fingerprint density at radius 1 is 1.35 bits per heavy atom. The lowest BCUT2D eigenvalue weighted by Crippen LogP contribution is -2.50. The van der Waals surface area contributed by atoms with Gasteiger partial charge in [-0.15, -0.1) is 0 Å². The zero-order valence-corrected chi connectivity index (χ0v) is 12.0. The predicted octanol–water partition coefficient (Wildman–Crippen LogP) is 0.376. The van der Waals surface area contributed by atoms with E-state index in [0.717, 1.165) is 19.3 Å². The Kier molecular flexibility index (Phi) is 7.32. The van der Waals surface area contributed by atoms with Crippen molar-refractivity contribution in [1.29, 1.82) is 0 Å². The molecule has 0 aromatic carbocycles. The molecule has 0 bridgehead atoms. The largest absolute Gasteiger partial charge is 0.481 e. The number of carbonyl (C=O) groups excluding carboxylic acids is 1. The number of ether oxygens (including phenoxy) is 1. The van der Waals surface area contributed by atoms with Gasteiger partial charge in [0.25, 0.3) is 0 Å². The summed E-state index contributed by atoms with van der Waals surface area (Å²) < 4.78 is 5.34. The second-order valence-electron chi connectivity index (χ2n) is 5.03. The summed E-state index contributed by atoms with van der Waals surface area (Å²) in [4.78, 5) is 26.1. The third kappa shape index (κ3) is 5.75. The number of hydrogen-bond acceptors (Lipinski definition) is 4. The highest BCUT2D eigenvalue weighted by Crippen LogP contribution is 2.11. The fraction of sp³-hybridized carbons (Fsp3) is 0.846. The molecule has 1 unspecified atom stereocenters. The first-order valence-corrected chi connectivity index (χ1v) is 6.99. The van der Waals surface area contributed by atoms with Gasteiger partial charge in [-0.1, -0.05) is 0 Å². The summed E-state index contributed by atoms with van der Waals surface area (Å²) in [5.74, 6) is -0.915. The van der Waals surface area contributed by atoms with E-state index < -0.39 is 12.1 Å². The number of hydrogen-bond donors (Lipinski definition) is 2. The minimum atomic E-state index is -0.915. The first-order chi connectivity index (χ1) is 9.54. The monoisotopic (exact) mass is 288 g/mol. The summed E-state index contributed by atoms with van der Waals surface area (Å²) in [5.41, 5.74) is 0. The first-order valence-electron chi connectivity index (χ1n) is 6.99. The van der Waals surface area contributed by atoms with E-state index in [0.29, 0.717) is 26.2 Å². The van der Waals surface area contributed by atoms with Crippen LogP contribution in [0.4, 0.5) is 4.79 Å². The van der Waals surface area contributed by atoms with Crippen LogP contribution in [0.25, 0.3) is 0 Å². The van der Waals surface area contributed by atoms with Gasteiger partial charge in [-0.05, 0) is 19.3 Å². The van der Waals surface area contributed by atoms with E-state index in [9.17, 15) is 9.59 Å². The summed E-state index contributed by atoms with van der Waals surface area (Å²) in [6.07, 6.45) is 1.99. The van der Waals surface area contributed by atoms with E-state index in [1.165, 1.54) is 0 Å². The molecule has 2 amide bonds. The van der Waals surface area contributed by atoms with E-state index in [2.05, 4.69) is 0 Å². The number of aliphatic hydroxyl groups excluding tert-OH is 1. The van der Waals surface area contributed by atoms with E-state index in [4.69, 9.17) is 14.9 Å². The zero-order valence-electron chi connectivity index (χ0n) is 12.0. The topological polar surface area (TPSA) is 90.3 Å². The van der Waals surface area contributed by atoms with Crippen molar-refractivity contribution in [3.63, 3.8) is 0 Å². The molecular weight excluding hydrogens is 264 g/mol. The Morgan fingerprint density at radius 2 is 2.10 bits per heavy atom. The van der Waals surface area contributed by atoms with E-state index in [-0.39, 0.29) is 19.1 Å². The van der Waals surface area contributed by atoms with Gasteiger partial charge in [-0.25, -0.2) is 4.79 Å². The fourth-order valence-electron chi connectivity index (χ4n) is 2.19. The quantitative estimate of drug-likeness (QED) is 0.661. The van der Waals surface area contributed by atoms with Gasteiger partial charge in [0.15, 0.2) is 0 Å². The number of carbonyl (C=O) groups is 2. The molecule has 1 heterocycles. The van der Waals surface area contributed by atoms with Crippen LogP contribution in [0.2, 0.25) is 0 Å². The standard InChI is InChI=1S/C13H24N2O5/c1-14(5-3-2-4-7-16)13(19)15-6-8-20-11(10-15)9-12(17)18/h11,16H,2-10H2,1H3,(H,17,18). The van der Waals surface area contributed by atoms with E-state index in [1.807, 2.05) is 0 Å². The molecule has 1 rings (SSSR count). The van der Waals surface area contributed by atoms with Gasteiger partial charge in [0.05, 0.1) is 19.1 Å². The molecule has 1 saturated heterocycles. The summed E-state index contributed by atoms with van der Waals surface area (Å²) in [5, 5.41) is 17.4. The Labute approximate surface area is 119 Å². The summed E-state index contributed by atoms with van der Waals surface area (Å²) in [6.45, 7) is 2.02. The normalized spacial score (nSPS) is 18.9. The van der Waals surface area contributed by atoms with Crippen LogP contribution in [0, 0.1) is 0 Å². The Balaban J connectivity index is 2.35. The van der Waals surface area contributed by atoms with E-state index >= 15 is 0 Å². The molecule has 2 N–H and O–H groups in total. The van der Waals surface area contributed by atoms with Crippen molar-refractivity contribution in [3.8, 4) is 0 Å². The maximum Gasteiger partial charge on any atom is 0.319 e. The molecule has 0 aliphatic carbocycles. The first kappa shape index (κ1) is 16.7. The van der Waals surface area contributed by atoms with Crippen LogP contribution < -0.4 is 0 Å². The number of carboxylic acid groups (broad SMARTS) is 1. The molecule has 1 fully saturated rings. The summed E-state index contributed by atoms with van der Waals surface area (Å²) >= 11 is 0. The second kappa shape index (κ2) is 8.76. The lowest BCUT2D eigenvalue weighted by atomic mass is 10.2. The number of morpholine rings is 1. The molecule has 1 atom stereocenters. The van der Waals surface area contributed by atoms with Crippen molar-refractivity contribution >= 4 is 12.0 Å². The second-order valence-corrected chi connectivity index (χ2v) is 5.03. The lowest BCUT2D eigenvalue weighted by Gasteiger charge is -2.35. The smallest absolute Gasteiger partial charge is 0.319 e. The van der Waals surface area contributed by atoms with E-state index in [1.54, 1.807) is 16.8 Å². The maximum atomic E-state index is 12.2. The molecule has 0 aromatic rings. The number of carboxylic acids is 1. The minimum Gasteiger partial charge on any atom is -0.481 e. The third-order valence-corrected chi connectivity index (χ3v) is 3.29. The van der Waals surface area contributed by atoms with Crippen LogP contribution in [-0.4, -0.2) is 78.0 Å². The molecule has 7 nitrogen and oxygen atoms in total. The molecule has 0 spiro atoms. The molecule has 20 heavy (non-hydrogen) atoms. The molecular formula is C13H24N2O5. The highest BCUT2D eigenvalue weighted by molar-refractivity contribution is 5.74. The number of aliphatic hydroxyl groups is 1. The van der Waals surface area contributed by atoms with Gasteiger partial charge in [0, 0.05) is 33.3 Å². The highest BCUT2D eigenvalue weighted by Gasteiger charge is 2.27. The Hall–Kier alpha value is -1.34. The van der Waals surface area contributed by atoms with Crippen molar-refractivity contribution in [3.05, 3.63) is 0 Å². The van der Waals surface area contributed by atoms with Crippen LogP contribution >= 0.6 is 0 Å². The van der Waals surface area contributed by atoms with Crippen molar-refractivity contribution in [2.75, 3.05) is 39.9 Å². The van der Waals surface area contributed by atoms with Gasteiger partial charge in [0.1, 0.15) is 0 Å². The highest BCUT2D eigenvalue weighted by atomic mass is 16.5. The van der Waals surface area contributed by atoms with Crippen LogP contribution in [0.5, 0.6) is 0 Å². The Morgan fingerprint density at radius 3 is 2.75 bits per heavy atom. The van der Waals surface area contributed by atoms with Gasteiger partial charge >= 0.3 is 12.0 Å². The number of nitrogens with zero attached hydrogens (tertiary/aromatic N) is 2. The molecule has 1 aliphatic rings. The van der Waals surface area contributed by atoms with Crippen molar-refractivity contribution < 1.29 is 24.5 Å². The van der Waals surface area contributed by atoms with Crippen molar-refractivity contribution in [2.24, 2.45) is 0 Å². The molecule has 0 aromatic heterocycles. The van der Waals surface area contributed by atoms with Gasteiger partial charge < -0.3 is 24.7 Å². The molecule has 7 heteroatoms. The lowest BCUT2D eigenvalue weighted by molar-refractivity contribution is -0.141. The SMILES string of the molecule is CN(CCCCCO)C(=O)N1CCOC(CC(=O)O)C1. The number of rotatable bonds is 7. The number of amides is 2. The molecule has 0 saturated carbocycles. The fourth-order valence-corrected chi connectivity index (χ4v) is 2.19. The predicted molar refractivity (Wildman–Crippen MR) is 72.5 cm³/mol. The minimum absolute atomic E-state index is 0.0794. The maximum absolute atomic E-state index is 12.2. The van der Waals surface area contributed by atoms with Gasteiger partial charge in [-0.3, -0.25) is 4.79 Å². The third-order valence-electron chi connectivity index (χ3n) is 3.29. The molecule has 116 valence electrons. The number of urea groups is 1. The zero-order chi connectivity index (χ0) is 15.0. The van der Waals surface area contributed by atoms with Crippen LogP contribution in [-0.2, 0) is 9.53 Å². The Bertz CT molecular complexity index is 324. The van der Waals surface area contributed by atoms with Gasteiger partial charge in [-0.2, -0.15) is 0 Å².